The van der Waals surface area contributed by atoms with Crippen LogP contribution < -0.4 is 4.90 Å². The smallest absolute Gasteiger partial charge is 0.232 e. The molecule has 0 saturated carbocycles. The van der Waals surface area contributed by atoms with Crippen molar-refractivity contribution in [3.05, 3.63) is 65.3 Å². The maximum atomic E-state index is 13.4. The molecule has 1 fully saturated rings. The Hall–Kier alpha value is -2.46. The molecule has 3 aromatic rings. The van der Waals surface area contributed by atoms with E-state index in [2.05, 4.69) is 34.1 Å². The predicted molar refractivity (Wildman–Crippen MR) is 112 cm³/mol. The molecule has 1 amide bonds. The van der Waals surface area contributed by atoms with Gasteiger partial charge in [-0.05, 0) is 49.7 Å². The molecule has 0 radical (unpaired) electrons. The summed E-state index contributed by atoms with van der Waals surface area (Å²) in [6, 6.07) is 16.1. The number of para-hydroxylation sites is 1. The lowest BCUT2D eigenvalue weighted by molar-refractivity contribution is -0.136. The molecule has 1 saturated heterocycles. The molecule has 2 aromatic carbocycles. The van der Waals surface area contributed by atoms with Crippen molar-refractivity contribution < 1.29 is 4.79 Å². The number of piperazine rings is 1. The summed E-state index contributed by atoms with van der Waals surface area (Å²) >= 11 is 6.19. The van der Waals surface area contributed by atoms with Crippen molar-refractivity contribution in [1.29, 1.82) is 0 Å². The first kappa shape index (κ1) is 17.9. The largest absolute Gasteiger partial charge is 0.368 e. The maximum absolute atomic E-state index is 13.4. The Labute approximate surface area is 164 Å². The van der Waals surface area contributed by atoms with Crippen LogP contribution in [0.25, 0.3) is 10.9 Å². The minimum atomic E-state index is -0.613. The number of hydrogen-bond donors (Lipinski definition) is 1. The Morgan fingerprint density at radius 2 is 1.74 bits per heavy atom. The zero-order valence-electron chi connectivity index (χ0n) is 15.7. The number of rotatable bonds is 3. The molecule has 140 valence electrons. The molecule has 0 aliphatic carbocycles. The van der Waals surface area contributed by atoms with Gasteiger partial charge < -0.3 is 14.8 Å². The van der Waals surface area contributed by atoms with Crippen molar-refractivity contribution in [2.24, 2.45) is 0 Å². The van der Waals surface area contributed by atoms with Crippen LogP contribution in [-0.2, 0) is 10.2 Å². The van der Waals surface area contributed by atoms with Gasteiger partial charge in [-0.15, -0.1) is 0 Å². The van der Waals surface area contributed by atoms with E-state index in [1.165, 1.54) is 5.69 Å². The fourth-order valence-electron chi connectivity index (χ4n) is 3.93. The highest BCUT2D eigenvalue weighted by Gasteiger charge is 2.36. The van der Waals surface area contributed by atoms with Crippen LogP contribution in [0, 0.1) is 0 Å². The number of hydrogen-bond acceptors (Lipinski definition) is 2. The van der Waals surface area contributed by atoms with E-state index in [0.717, 1.165) is 42.6 Å². The molecule has 27 heavy (non-hydrogen) atoms. The zero-order chi connectivity index (χ0) is 19.0. The molecule has 0 unspecified atom stereocenters. The Morgan fingerprint density at radius 3 is 2.44 bits per heavy atom. The second-order valence-corrected chi connectivity index (χ2v) is 8.07. The van der Waals surface area contributed by atoms with Gasteiger partial charge in [-0.1, -0.05) is 29.8 Å². The first-order chi connectivity index (χ1) is 13.0. The van der Waals surface area contributed by atoms with Gasteiger partial charge >= 0.3 is 0 Å². The van der Waals surface area contributed by atoms with Crippen LogP contribution in [0.4, 0.5) is 5.69 Å². The molecule has 5 heteroatoms. The number of anilines is 1. The normalized spacial score (nSPS) is 15.4. The first-order valence-electron chi connectivity index (χ1n) is 9.33. The molecule has 4 rings (SSSR count). The van der Waals surface area contributed by atoms with Crippen LogP contribution in [0.5, 0.6) is 0 Å². The monoisotopic (exact) mass is 381 g/mol. The number of aromatic nitrogens is 1. The number of halogens is 1. The van der Waals surface area contributed by atoms with Crippen LogP contribution in [0.15, 0.2) is 54.7 Å². The summed E-state index contributed by atoms with van der Waals surface area (Å²) in [5.41, 5.74) is 2.60. The Morgan fingerprint density at radius 1 is 1.04 bits per heavy atom. The molecule has 0 atom stereocenters. The van der Waals surface area contributed by atoms with Gasteiger partial charge in [0.2, 0.25) is 5.91 Å². The molecular formula is C22H24ClN3O. The van der Waals surface area contributed by atoms with E-state index in [0.29, 0.717) is 5.02 Å². The molecule has 4 nitrogen and oxygen atoms in total. The fraction of sp³-hybridized carbons (Fsp3) is 0.318. The molecule has 1 aliphatic heterocycles. The molecule has 1 N–H and O–H groups in total. The van der Waals surface area contributed by atoms with Gasteiger partial charge in [-0.25, -0.2) is 0 Å². The van der Waals surface area contributed by atoms with Crippen LogP contribution in [-0.4, -0.2) is 42.0 Å². The van der Waals surface area contributed by atoms with Crippen molar-refractivity contribution in [3.63, 3.8) is 0 Å². The number of carbonyl (C=O) groups is 1. The molecule has 1 aromatic heterocycles. The summed E-state index contributed by atoms with van der Waals surface area (Å²) in [5, 5.41) is 1.70. The number of carbonyl (C=O) groups excluding carboxylic acids is 1. The van der Waals surface area contributed by atoms with E-state index in [1.54, 1.807) is 0 Å². The average molecular weight is 382 g/mol. The lowest BCUT2D eigenvalue weighted by Gasteiger charge is -2.39. The van der Waals surface area contributed by atoms with Gasteiger partial charge in [0.05, 0.1) is 5.41 Å². The minimum Gasteiger partial charge on any atom is -0.368 e. The van der Waals surface area contributed by atoms with Crippen molar-refractivity contribution in [2.75, 3.05) is 31.1 Å². The highest BCUT2D eigenvalue weighted by molar-refractivity contribution is 6.31. The average Bonchev–Trinajstić information content (AvgIpc) is 3.12. The third-order valence-corrected chi connectivity index (χ3v) is 5.78. The standard InChI is InChI=1S/C22H24ClN3O/c1-22(2,19-15-24-20-9-8-16(23)14-18(19)20)21(27)26-12-10-25(11-13-26)17-6-4-3-5-7-17/h3-9,14-15,24H,10-13H2,1-2H3. The van der Waals surface area contributed by atoms with Crippen LogP contribution >= 0.6 is 11.6 Å². The Kier molecular flexibility index (Phi) is 4.60. The number of nitrogens with one attached hydrogen (secondary N) is 1. The van der Waals surface area contributed by atoms with Gasteiger partial charge in [0.1, 0.15) is 0 Å². The topological polar surface area (TPSA) is 39.3 Å². The number of amides is 1. The third-order valence-electron chi connectivity index (χ3n) is 5.54. The predicted octanol–water partition coefficient (Wildman–Crippen LogP) is 4.45. The van der Waals surface area contributed by atoms with Crippen LogP contribution in [0.3, 0.4) is 0 Å². The lowest BCUT2D eigenvalue weighted by atomic mass is 9.82. The number of fused-ring (bicyclic) bond motifs is 1. The van der Waals surface area contributed by atoms with E-state index in [1.807, 2.05) is 49.2 Å². The van der Waals surface area contributed by atoms with Gasteiger partial charge in [0.25, 0.3) is 0 Å². The van der Waals surface area contributed by atoms with Gasteiger partial charge in [-0.3, -0.25) is 4.79 Å². The van der Waals surface area contributed by atoms with Gasteiger partial charge in [0, 0.05) is 54.0 Å². The lowest BCUT2D eigenvalue weighted by Crippen LogP contribution is -2.53. The van der Waals surface area contributed by atoms with Crippen molar-refractivity contribution in [3.8, 4) is 0 Å². The zero-order valence-corrected chi connectivity index (χ0v) is 16.5. The minimum absolute atomic E-state index is 0.163. The van der Waals surface area contributed by atoms with Crippen LogP contribution in [0.2, 0.25) is 5.02 Å². The van der Waals surface area contributed by atoms with Gasteiger partial charge in [-0.2, -0.15) is 0 Å². The summed E-state index contributed by atoms with van der Waals surface area (Å²) < 4.78 is 0. The Balaban J connectivity index is 1.52. The molecular weight excluding hydrogens is 358 g/mol. The van der Waals surface area contributed by atoms with E-state index in [9.17, 15) is 4.79 Å². The number of nitrogens with zero attached hydrogens (tertiary/aromatic N) is 2. The van der Waals surface area contributed by atoms with Gasteiger partial charge in [0.15, 0.2) is 0 Å². The summed E-state index contributed by atoms with van der Waals surface area (Å²) in [6.07, 6.45) is 1.94. The molecule has 2 heterocycles. The van der Waals surface area contributed by atoms with E-state index < -0.39 is 5.41 Å². The van der Waals surface area contributed by atoms with Crippen molar-refractivity contribution in [2.45, 2.75) is 19.3 Å². The summed E-state index contributed by atoms with van der Waals surface area (Å²) in [7, 11) is 0. The number of H-pyrrole nitrogens is 1. The number of benzene rings is 2. The summed E-state index contributed by atoms with van der Waals surface area (Å²) in [5.74, 6) is 0.163. The third kappa shape index (κ3) is 3.30. The summed E-state index contributed by atoms with van der Waals surface area (Å²) in [4.78, 5) is 20.9. The Bertz CT molecular complexity index is 956. The van der Waals surface area contributed by atoms with E-state index in [4.69, 9.17) is 11.6 Å². The van der Waals surface area contributed by atoms with E-state index >= 15 is 0 Å². The van der Waals surface area contributed by atoms with E-state index in [-0.39, 0.29) is 5.91 Å². The van der Waals surface area contributed by atoms with Crippen molar-refractivity contribution >= 4 is 34.1 Å². The second kappa shape index (κ2) is 6.93. The fourth-order valence-corrected chi connectivity index (χ4v) is 4.10. The first-order valence-corrected chi connectivity index (χ1v) is 9.71. The van der Waals surface area contributed by atoms with Crippen LogP contribution in [0.1, 0.15) is 19.4 Å². The highest BCUT2D eigenvalue weighted by Crippen LogP contribution is 2.34. The molecule has 1 aliphatic rings. The van der Waals surface area contributed by atoms with Crippen molar-refractivity contribution in [1.82, 2.24) is 9.88 Å². The summed E-state index contributed by atoms with van der Waals surface area (Å²) in [6.45, 7) is 7.18. The highest BCUT2D eigenvalue weighted by atomic mass is 35.5. The quantitative estimate of drug-likeness (QED) is 0.728. The SMILES string of the molecule is CC(C)(C(=O)N1CCN(c2ccccc2)CC1)c1c[nH]c2ccc(Cl)cc12. The molecule has 0 spiro atoms. The molecule has 0 bridgehead atoms. The second-order valence-electron chi connectivity index (χ2n) is 7.63. The maximum Gasteiger partial charge on any atom is 0.232 e. The number of aromatic amines is 1.